The lowest BCUT2D eigenvalue weighted by Gasteiger charge is -2.26. The van der Waals surface area contributed by atoms with Crippen molar-refractivity contribution in [2.75, 3.05) is 33.2 Å². The molecule has 2 aromatic rings. The summed E-state index contributed by atoms with van der Waals surface area (Å²) < 4.78 is 31.7. The van der Waals surface area contributed by atoms with E-state index in [-0.39, 0.29) is 10.9 Å². The van der Waals surface area contributed by atoms with Crippen LogP contribution in [0.2, 0.25) is 0 Å². The molecule has 1 atom stereocenters. The summed E-state index contributed by atoms with van der Waals surface area (Å²) in [6.07, 6.45) is 4.14. The number of nitrogens with zero attached hydrogens (tertiary/aromatic N) is 2. The van der Waals surface area contributed by atoms with E-state index in [1.54, 1.807) is 30.5 Å². The van der Waals surface area contributed by atoms with Gasteiger partial charge in [0.25, 0.3) is 0 Å². The summed E-state index contributed by atoms with van der Waals surface area (Å²) in [5.41, 5.74) is 0.935. The Balaban J connectivity index is 1.65. The predicted octanol–water partition coefficient (Wildman–Crippen LogP) is 2.08. The van der Waals surface area contributed by atoms with Gasteiger partial charge in [0.15, 0.2) is 5.96 Å². The second-order valence-corrected chi connectivity index (χ2v) is 9.09. The maximum Gasteiger partial charge on any atom is 0.240 e. The number of hydrogen-bond donors (Lipinski definition) is 3. The van der Waals surface area contributed by atoms with Crippen molar-refractivity contribution in [3.05, 3.63) is 54.0 Å². The van der Waals surface area contributed by atoms with Gasteiger partial charge in [0.05, 0.1) is 23.7 Å². The lowest BCUT2D eigenvalue weighted by molar-refractivity contribution is 0.215. The normalized spacial score (nSPS) is 16.5. The quantitative estimate of drug-likeness (QED) is 0.414. The Bertz CT molecular complexity index is 905. The third kappa shape index (κ3) is 5.84. The maximum absolute atomic E-state index is 11.8. The number of hydrogen-bond acceptors (Lipinski definition) is 5. The highest BCUT2D eigenvalue weighted by atomic mass is 32.2. The van der Waals surface area contributed by atoms with Crippen LogP contribution in [0.3, 0.4) is 0 Å². The molecule has 1 aliphatic rings. The summed E-state index contributed by atoms with van der Waals surface area (Å²) in [6, 6.07) is 10.9. The van der Waals surface area contributed by atoms with Gasteiger partial charge in [-0.25, -0.2) is 18.1 Å². The standard InChI is InChI=1S/C21H31N5O3S/c1-3-23-21(24-15-17-8-10-18(11-9-17)30(27,28)22-2)25-16-19(20-7-6-14-29-20)26-12-4-5-13-26/h6-11,14,19,22H,3-5,12-13,15-16H2,1-2H3,(H2,23,24,25). The fourth-order valence-corrected chi connectivity index (χ4v) is 4.27. The van der Waals surface area contributed by atoms with Crippen molar-refractivity contribution in [1.82, 2.24) is 20.3 Å². The third-order valence-electron chi connectivity index (χ3n) is 5.18. The molecular weight excluding hydrogens is 402 g/mol. The van der Waals surface area contributed by atoms with Crippen molar-refractivity contribution < 1.29 is 12.8 Å². The first-order chi connectivity index (χ1) is 14.5. The fraction of sp³-hybridized carbons (Fsp3) is 0.476. The minimum Gasteiger partial charge on any atom is -0.468 e. The van der Waals surface area contributed by atoms with E-state index in [2.05, 4.69) is 25.2 Å². The van der Waals surface area contributed by atoms with Gasteiger partial charge in [-0.2, -0.15) is 0 Å². The lowest BCUT2D eigenvalue weighted by atomic mass is 10.2. The van der Waals surface area contributed by atoms with Crippen LogP contribution < -0.4 is 15.4 Å². The van der Waals surface area contributed by atoms with Crippen LogP contribution in [-0.4, -0.2) is 52.5 Å². The molecule has 1 unspecified atom stereocenters. The van der Waals surface area contributed by atoms with Crippen LogP contribution in [0, 0.1) is 0 Å². The van der Waals surface area contributed by atoms with Gasteiger partial charge in [0.2, 0.25) is 10.0 Å². The van der Waals surface area contributed by atoms with Crippen molar-refractivity contribution in [3.8, 4) is 0 Å². The van der Waals surface area contributed by atoms with Gasteiger partial charge >= 0.3 is 0 Å². The van der Waals surface area contributed by atoms with Crippen LogP contribution in [0.15, 0.2) is 57.0 Å². The van der Waals surface area contributed by atoms with E-state index in [1.165, 1.54) is 19.9 Å². The molecular formula is C21H31N5O3S. The summed E-state index contributed by atoms with van der Waals surface area (Å²) in [4.78, 5) is 7.34. The summed E-state index contributed by atoms with van der Waals surface area (Å²) in [5, 5.41) is 6.71. The number of sulfonamides is 1. The molecule has 0 spiro atoms. The minimum absolute atomic E-state index is 0.164. The number of furan rings is 1. The smallest absolute Gasteiger partial charge is 0.240 e. The second-order valence-electron chi connectivity index (χ2n) is 7.20. The zero-order valence-corrected chi connectivity index (χ0v) is 18.4. The van der Waals surface area contributed by atoms with E-state index in [4.69, 9.17) is 4.42 Å². The maximum atomic E-state index is 11.8. The van der Waals surface area contributed by atoms with E-state index in [9.17, 15) is 8.42 Å². The Labute approximate surface area is 178 Å². The molecule has 1 fully saturated rings. The van der Waals surface area contributed by atoms with Crippen LogP contribution >= 0.6 is 0 Å². The number of nitrogens with one attached hydrogen (secondary N) is 3. The monoisotopic (exact) mass is 433 g/mol. The Morgan fingerprint density at radius 1 is 1.17 bits per heavy atom. The highest BCUT2D eigenvalue weighted by Gasteiger charge is 2.25. The van der Waals surface area contributed by atoms with E-state index in [0.29, 0.717) is 13.1 Å². The molecule has 9 heteroatoms. The number of benzene rings is 1. The first-order valence-electron chi connectivity index (χ1n) is 10.4. The molecule has 1 saturated heterocycles. The molecule has 0 radical (unpaired) electrons. The van der Waals surface area contributed by atoms with Gasteiger partial charge in [-0.1, -0.05) is 12.1 Å². The Morgan fingerprint density at radius 3 is 2.50 bits per heavy atom. The molecule has 3 N–H and O–H groups in total. The van der Waals surface area contributed by atoms with E-state index in [0.717, 1.165) is 36.9 Å². The molecule has 8 nitrogen and oxygen atoms in total. The number of rotatable bonds is 9. The first-order valence-corrected chi connectivity index (χ1v) is 11.8. The molecule has 30 heavy (non-hydrogen) atoms. The van der Waals surface area contributed by atoms with Gasteiger partial charge in [-0.15, -0.1) is 0 Å². The minimum atomic E-state index is -3.43. The molecule has 164 valence electrons. The zero-order valence-electron chi connectivity index (χ0n) is 17.6. The molecule has 0 aliphatic carbocycles. The average molecular weight is 434 g/mol. The van der Waals surface area contributed by atoms with Gasteiger partial charge in [-0.3, -0.25) is 4.90 Å². The summed E-state index contributed by atoms with van der Waals surface area (Å²) in [6.45, 7) is 6.06. The Hall–Kier alpha value is -2.36. The topological polar surface area (TPSA) is 99.0 Å². The van der Waals surface area contributed by atoms with Crippen LogP contribution in [0.1, 0.15) is 37.1 Å². The second kappa shape index (κ2) is 10.6. The molecule has 0 amide bonds. The Morgan fingerprint density at radius 2 is 1.90 bits per heavy atom. The summed E-state index contributed by atoms with van der Waals surface area (Å²) in [7, 11) is -2.02. The first kappa shape index (κ1) is 22.3. The third-order valence-corrected chi connectivity index (χ3v) is 6.61. The lowest BCUT2D eigenvalue weighted by Crippen LogP contribution is -2.42. The van der Waals surface area contributed by atoms with Gasteiger partial charge < -0.3 is 15.1 Å². The molecule has 2 heterocycles. The fourth-order valence-electron chi connectivity index (χ4n) is 3.54. The highest BCUT2D eigenvalue weighted by molar-refractivity contribution is 7.89. The van der Waals surface area contributed by atoms with Gasteiger partial charge in [0.1, 0.15) is 5.76 Å². The summed E-state index contributed by atoms with van der Waals surface area (Å²) >= 11 is 0. The molecule has 0 bridgehead atoms. The predicted molar refractivity (Wildman–Crippen MR) is 118 cm³/mol. The molecule has 0 saturated carbocycles. The van der Waals surface area contributed by atoms with E-state index in [1.807, 2.05) is 19.1 Å². The highest BCUT2D eigenvalue weighted by Crippen LogP contribution is 2.24. The van der Waals surface area contributed by atoms with E-state index < -0.39 is 10.0 Å². The molecule has 1 aliphatic heterocycles. The van der Waals surface area contributed by atoms with Crippen LogP contribution in [-0.2, 0) is 16.6 Å². The zero-order chi connectivity index (χ0) is 21.4. The van der Waals surface area contributed by atoms with Crippen LogP contribution in [0.25, 0.3) is 0 Å². The number of aliphatic imine (C=N–C) groups is 1. The van der Waals surface area contributed by atoms with Crippen molar-refractivity contribution >= 4 is 16.0 Å². The average Bonchev–Trinajstić information content (AvgIpc) is 3.47. The number of likely N-dealkylation sites (tertiary alicyclic amines) is 1. The van der Waals surface area contributed by atoms with Gasteiger partial charge in [0, 0.05) is 13.1 Å². The molecule has 1 aromatic carbocycles. The van der Waals surface area contributed by atoms with Crippen LogP contribution in [0.4, 0.5) is 0 Å². The van der Waals surface area contributed by atoms with Crippen molar-refractivity contribution in [2.24, 2.45) is 4.99 Å². The van der Waals surface area contributed by atoms with Gasteiger partial charge in [-0.05, 0) is 69.7 Å². The van der Waals surface area contributed by atoms with E-state index >= 15 is 0 Å². The summed E-state index contributed by atoms with van der Waals surface area (Å²) in [5.74, 6) is 1.68. The van der Waals surface area contributed by atoms with Crippen LogP contribution in [0.5, 0.6) is 0 Å². The SMILES string of the molecule is CCNC(=NCc1ccc(S(=O)(=O)NC)cc1)NCC(c1ccco1)N1CCCC1. The van der Waals surface area contributed by atoms with Crippen molar-refractivity contribution in [3.63, 3.8) is 0 Å². The molecule has 1 aromatic heterocycles. The van der Waals surface area contributed by atoms with Crippen molar-refractivity contribution in [2.45, 2.75) is 37.2 Å². The van der Waals surface area contributed by atoms with Crippen molar-refractivity contribution in [1.29, 1.82) is 0 Å². The molecule has 3 rings (SSSR count). The number of guanidine groups is 1. The largest absolute Gasteiger partial charge is 0.468 e. The Kier molecular flexibility index (Phi) is 7.89.